The molecular weight excluding hydrogens is 502 g/mol. The van der Waals surface area contributed by atoms with Gasteiger partial charge in [-0.3, -0.25) is 0 Å². The molecule has 0 aliphatic carbocycles. The first kappa shape index (κ1) is 30.6. The van der Waals surface area contributed by atoms with Gasteiger partial charge in [-0.2, -0.15) is 43.9 Å². The molecule has 0 aromatic heterocycles. The highest BCUT2D eigenvalue weighted by Gasteiger charge is 2.87. The third-order valence-corrected chi connectivity index (χ3v) is 7.25. The number of carbonyl (C=O) groups excluding carboxylic acids is 1. The fourth-order valence-corrected chi connectivity index (χ4v) is 3.35. The van der Waals surface area contributed by atoms with Crippen molar-refractivity contribution in [2.45, 2.75) is 55.1 Å². The topological polar surface area (TPSA) is 56.8 Å². The van der Waals surface area contributed by atoms with Crippen molar-refractivity contribution in [2.75, 3.05) is 27.4 Å². The minimum absolute atomic E-state index is 0.0963. The second-order valence-electron chi connectivity index (χ2n) is 6.50. The van der Waals surface area contributed by atoms with Crippen LogP contribution in [-0.2, 0) is 13.6 Å². The molecule has 0 saturated heterocycles. The van der Waals surface area contributed by atoms with Gasteiger partial charge in [-0.15, -0.1) is 0 Å². The average Bonchev–Trinajstić information content (AvgIpc) is 2.68. The van der Waals surface area contributed by atoms with Gasteiger partial charge in [0.1, 0.15) is 0 Å². The van der Waals surface area contributed by atoms with Gasteiger partial charge in [-0.05, 0) is 19.0 Å². The van der Waals surface area contributed by atoms with E-state index in [1.807, 2.05) is 0 Å². The van der Waals surface area contributed by atoms with Gasteiger partial charge in [-0.25, -0.2) is 13.6 Å². The summed E-state index contributed by atoms with van der Waals surface area (Å²) in [6, 6.07) is 0.244. The predicted molar refractivity (Wildman–Crippen MR) is 85.1 cm³/mol. The van der Waals surface area contributed by atoms with Crippen LogP contribution in [0.25, 0.3) is 0 Å². The van der Waals surface area contributed by atoms with Gasteiger partial charge in [0.25, 0.3) is 0 Å². The van der Waals surface area contributed by atoms with E-state index in [9.17, 15) is 57.5 Å². The van der Waals surface area contributed by atoms with Crippen LogP contribution in [0.5, 0.6) is 0 Å². The molecule has 0 bridgehead atoms. The van der Waals surface area contributed by atoms with Crippen molar-refractivity contribution in [3.8, 4) is 0 Å². The number of carbonyl (C=O) groups is 1. The molecule has 0 radical (unpaired) electrons. The van der Waals surface area contributed by atoms with Crippen LogP contribution < -0.4 is 5.32 Å². The molecule has 32 heavy (non-hydrogen) atoms. The van der Waals surface area contributed by atoms with Gasteiger partial charge >= 0.3 is 50.7 Å². The number of alkyl carbamates (subject to hydrolysis) is 1. The molecule has 0 atom stereocenters. The zero-order valence-corrected chi connectivity index (χ0v) is 17.6. The van der Waals surface area contributed by atoms with Gasteiger partial charge in [-0.1, -0.05) is 0 Å². The first-order chi connectivity index (χ1) is 14.2. The zero-order chi connectivity index (χ0) is 25.8. The Morgan fingerprint density at radius 1 is 0.875 bits per heavy atom. The van der Waals surface area contributed by atoms with Crippen LogP contribution >= 0.6 is 0 Å². The Labute approximate surface area is 174 Å². The summed E-state index contributed by atoms with van der Waals surface area (Å²) in [5.74, 6) is -36.0. The normalized spacial score (nSPS) is 14.6. The quantitative estimate of drug-likeness (QED) is 0.213. The maximum absolute atomic E-state index is 13.5. The number of rotatable bonds is 13. The summed E-state index contributed by atoms with van der Waals surface area (Å²) in [7, 11) is 0.0735. The van der Waals surface area contributed by atoms with Crippen molar-refractivity contribution in [3.05, 3.63) is 0 Å². The molecule has 0 rings (SSSR count). The van der Waals surface area contributed by atoms with Gasteiger partial charge in [0.15, 0.2) is 6.61 Å². The zero-order valence-electron chi connectivity index (χ0n) is 16.6. The maximum atomic E-state index is 13.5. The maximum Gasteiger partial charge on any atom is 0.407 e. The number of halogens is 12. The molecule has 1 amide bonds. The Kier molecular flexibility index (Phi) is 9.77. The van der Waals surface area contributed by atoms with Crippen LogP contribution in [0.1, 0.15) is 6.42 Å². The lowest BCUT2D eigenvalue weighted by Gasteiger charge is -2.38. The molecule has 0 spiro atoms. The summed E-state index contributed by atoms with van der Waals surface area (Å²) >= 11 is 0. The molecule has 0 heterocycles. The predicted octanol–water partition coefficient (Wildman–Crippen LogP) is 4.91. The second kappa shape index (κ2) is 10.2. The van der Waals surface area contributed by atoms with E-state index in [1.54, 1.807) is 11.9 Å². The van der Waals surface area contributed by atoms with E-state index in [4.69, 9.17) is 8.85 Å². The molecule has 1 N–H and O–H groups in total. The molecule has 0 fully saturated rings. The molecule has 0 aliphatic heterocycles. The first-order valence-corrected chi connectivity index (χ1v) is 10.9. The monoisotopic (exact) mass is 521 g/mol. The van der Waals surface area contributed by atoms with Crippen molar-refractivity contribution in [1.29, 1.82) is 0 Å². The van der Waals surface area contributed by atoms with E-state index in [0.29, 0.717) is 0 Å². The minimum atomic E-state index is -7.67. The lowest BCUT2D eigenvalue weighted by molar-refractivity contribution is -0.414. The smallest absolute Gasteiger partial charge is 0.407 e. The van der Waals surface area contributed by atoms with Crippen LogP contribution in [-0.4, -0.2) is 78.1 Å². The summed E-state index contributed by atoms with van der Waals surface area (Å²) in [4.78, 5) is 11.3. The van der Waals surface area contributed by atoms with Crippen molar-refractivity contribution < 1.29 is 71.1 Å². The van der Waals surface area contributed by atoms with E-state index in [-0.39, 0.29) is 19.0 Å². The lowest BCUT2D eigenvalue weighted by atomic mass is 9.94. The van der Waals surface area contributed by atoms with E-state index >= 15 is 0 Å². The molecule has 0 saturated carbocycles. The molecule has 0 unspecified atom stereocenters. The summed E-state index contributed by atoms with van der Waals surface area (Å²) in [6.45, 7) is -1.67. The molecule has 192 valence electrons. The van der Waals surface area contributed by atoms with E-state index in [1.165, 1.54) is 14.2 Å². The van der Waals surface area contributed by atoms with Crippen molar-refractivity contribution >= 4 is 14.7 Å². The Bertz CT molecular complexity index is 631. The molecule has 5 nitrogen and oxygen atoms in total. The van der Waals surface area contributed by atoms with Crippen LogP contribution in [0.3, 0.4) is 0 Å². The molecule has 18 heteroatoms. The third-order valence-electron chi connectivity index (χ3n) is 4.27. The van der Waals surface area contributed by atoms with Gasteiger partial charge in [0.2, 0.25) is 0 Å². The number of alkyl halides is 12. The van der Waals surface area contributed by atoms with Gasteiger partial charge in [0.05, 0.1) is 0 Å². The molecular formula is C14H19F12NO4Si. The van der Waals surface area contributed by atoms with Gasteiger partial charge < -0.3 is 18.9 Å². The van der Waals surface area contributed by atoms with Crippen LogP contribution in [0.4, 0.5) is 57.5 Å². The Hall–Kier alpha value is -1.43. The molecule has 0 aromatic carbocycles. The van der Waals surface area contributed by atoms with Crippen LogP contribution in [0, 0.1) is 0 Å². The highest BCUT2D eigenvalue weighted by molar-refractivity contribution is 6.65. The van der Waals surface area contributed by atoms with Crippen molar-refractivity contribution in [2.24, 2.45) is 0 Å². The second-order valence-corrected chi connectivity index (χ2v) is 10.1. The van der Waals surface area contributed by atoms with Crippen LogP contribution in [0.2, 0.25) is 12.6 Å². The molecule has 0 aliphatic rings. The summed E-state index contributed by atoms with van der Waals surface area (Å²) in [5, 5.41) is 1.75. The van der Waals surface area contributed by atoms with E-state index in [0.717, 1.165) is 0 Å². The number of hydrogen-bond acceptors (Lipinski definition) is 4. The fraction of sp³-hybridized carbons (Fsp3) is 0.929. The highest BCUT2D eigenvalue weighted by atomic mass is 28.4. The van der Waals surface area contributed by atoms with Crippen molar-refractivity contribution in [1.82, 2.24) is 5.32 Å². The molecule has 0 aromatic rings. The highest BCUT2D eigenvalue weighted by Crippen LogP contribution is 2.58. The average molecular weight is 521 g/mol. The number of nitrogens with one attached hydrogen (secondary N) is 1. The van der Waals surface area contributed by atoms with Crippen molar-refractivity contribution in [3.63, 3.8) is 0 Å². The van der Waals surface area contributed by atoms with E-state index < -0.39 is 57.3 Å². The number of amides is 1. The number of ether oxygens (including phenoxy) is 1. The van der Waals surface area contributed by atoms with Gasteiger partial charge in [0, 0.05) is 20.8 Å². The Morgan fingerprint density at radius 2 is 1.34 bits per heavy atom. The van der Waals surface area contributed by atoms with E-state index in [2.05, 4.69) is 4.74 Å². The van der Waals surface area contributed by atoms with Crippen LogP contribution in [0.15, 0.2) is 0 Å². The largest absolute Gasteiger partial charge is 0.443 e. The Morgan fingerprint density at radius 3 is 1.75 bits per heavy atom. The minimum Gasteiger partial charge on any atom is -0.443 e. The fourth-order valence-electron chi connectivity index (χ4n) is 1.96. The first-order valence-electron chi connectivity index (χ1n) is 8.35. The Balaban J connectivity index is 5.19. The SMILES string of the molecule is CO[Si](C)(CCCNC(=O)OCC(F)(F)C(F)(F)C(F)(F)C(F)(F)C(F)(F)C(F)F)OC. The summed E-state index contributed by atoms with van der Waals surface area (Å²) in [6.07, 6.45) is -7.36. The third kappa shape index (κ3) is 5.92. The summed E-state index contributed by atoms with van der Waals surface area (Å²) in [5.41, 5.74) is 0. The lowest BCUT2D eigenvalue weighted by Crippen LogP contribution is -2.69. The number of hydrogen-bond donors (Lipinski definition) is 1. The standard InChI is InChI=1S/C14H19F12NO4Si/c1-29-32(3,30-2)6-4-5-27-9(28)31-7-10(17,18)12(21,22)14(25,26)13(23,24)11(19,20)8(15)16/h8H,4-7H2,1-3H3,(H,27,28). The summed E-state index contributed by atoms with van der Waals surface area (Å²) < 4.78 is 170.